The van der Waals surface area contributed by atoms with Crippen molar-refractivity contribution in [3.63, 3.8) is 0 Å². The number of para-hydroxylation sites is 2. The maximum atomic E-state index is 6.38. The molecule has 0 aliphatic carbocycles. The predicted molar refractivity (Wildman–Crippen MR) is 152 cm³/mol. The normalized spacial score (nSPS) is 15.3. The minimum Gasteiger partial charge on any atom is -0.487 e. The van der Waals surface area contributed by atoms with Gasteiger partial charge in [-0.25, -0.2) is 0 Å². The Bertz CT molecular complexity index is 1510. The zero-order valence-corrected chi connectivity index (χ0v) is 21.3. The van der Waals surface area contributed by atoms with Crippen molar-refractivity contribution in [1.82, 2.24) is 0 Å². The Kier molecular flexibility index (Phi) is 5.15. The lowest BCUT2D eigenvalue weighted by Gasteiger charge is -2.33. The van der Waals surface area contributed by atoms with Crippen LogP contribution in [0.2, 0.25) is 0 Å². The molecule has 0 unspecified atom stereocenters. The second kappa shape index (κ2) is 8.27. The first-order valence-corrected chi connectivity index (χ1v) is 12.6. The van der Waals surface area contributed by atoms with Crippen LogP contribution in [0.4, 0.5) is 17.1 Å². The van der Waals surface area contributed by atoms with Gasteiger partial charge in [-0.15, -0.1) is 0 Å². The van der Waals surface area contributed by atoms with E-state index in [-0.39, 0.29) is 11.0 Å². The van der Waals surface area contributed by atoms with Gasteiger partial charge < -0.3 is 9.64 Å². The van der Waals surface area contributed by atoms with E-state index in [4.69, 9.17) is 4.74 Å². The lowest BCUT2D eigenvalue weighted by atomic mass is 9.73. The Balaban J connectivity index is 1.63. The summed E-state index contributed by atoms with van der Waals surface area (Å²) >= 11 is 0. The molecule has 0 saturated carbocycles. The molecule has 1 heterocycles. The molecule has 2 nitrogen and oxygen atoms in total. The largest absolute Gasteiger partial charge is 0.487 e. The van der Waals surface area contributed by atoms with Crippen molar-refractivity contribution < 1.29 is 4.74 Å². The third kappa shape index (κ3) is 3.56. The number of anilines is 3. The minimum absolute atomic E-state index is 0.103. The van der Waals surface area contributed by atoms with E-state index in [2.05, 4.69) is 148 Å². The van der Waals surface area contributed by atoms with Crippen LogP contribution in [0.3, 0.4) is 0 Å². The molecule has 1 aliphatic rings. The van der Waals surface area contributed by atoms with Crippen molar-refractivity contribution in [2.45, 2.75) is 38.7 Å². The SMILES string of the molecule is CC1(C)Oc2ccc(-c3cc4ccccc4cc3N(c3ccccc3)c3ccccc3)cc2C1(C)C. The molecule has 0 amide bonds. The lowest BCUT2D eigenvalue weighted by molar-refractivity contribution is 0.0712. The van der Waals surface area contributed by atoms with Gasteiger partial charge in [0.05, 0.1) is 5.69 Å². The molecule has 0 N–H and O–H groups in total. The fourth-order valence-corrected chi connectivity index (χ4v) is 5.23. The zero-order chi connectivity index (χ0) is 24.9. The molecule has 2 heteroatoms. The molecule has 0 radical (unpaired) electrons. The molecule has 0 atom stereocenters. The quantitative estimate of drug-likeness (QED) is 0.260. The monoisotopic (exact) mass is 469 g/mol. The molecule has 5 aromatic carbocycles. The van der Waals surface area contributed by atoms with E-state index in [0.717, 1.165) is 22.8 Å². The first-order chi connectivity index (χ1) is 17.3. The smallest absolute Gasteiger partial charge is 0.124 e. The van der Waals surface area contributed by atoms with E-state index < -0.39 is 0 Å². The summed E-state index contributed by atoms with van der Waals surface area (Å²) in [6.07, 6.45) is 0. The molecule has 36 heavy (non-hydrogen) atoms. The summed E-state index contributed by atoms with van der Waals surface area (Å²) < 4.78 is 6.38. The van der Waals surface area contributed by atoms with Crippen LogP contribution in [0.25, 0.3) is 21.9 Å². The van der Waals surface area contributed by atoms with Crippen LogP contribution in [-0.4, -0.2) is 5.60 Å². The van der Waals surface area contributed by atoms with Crippen LogP contribution in [-0.2, 0) is 5.41 Å². The highest BCUT2D eigenvalue weighted by Gasteiger charge is 2.48. The standard InChI is InChI=1S/C34H31NO/c1-33(2)30-22-26(19-20-32(30)36-34(33,3)4)29-21-24-13-11-12-14-25(24)23-31(29)35(27-15-7-5-8-16-27)28-17-9-6-10-18-28/h5-23H,1-4H3. The van der Waals surface area contributed by atoms with Crippen molar-refractivity contribution >= 4 is 27.8 Å². The Morgan fingerprint density at radius 1 is 0.583 bits per heavy atom. The predicted octanol–water partition coefficient (Wildman–Crippen LogP) is 9.43. The van der Waals surface area contributed by atoms with Crippen molar-refractivity contribution in [3.8, 4) is 16.9 Å². The van der Waals surface area contributed by atoms with E-state index in [0.29, 0.717) is 0 Å². The van der Waals surface area contributed by atoms with E-state index in [1.54, 1.807) is 0 Å². The fourth-order valence-electron chi connectivity index (χ4n) is 5.23. The van der Waals surface area contributed by atoms with E-state index >= 15 is 0 Å². The van der Waals surface area contributed by atoms with Crippen molar-refractivity contribution in [1.29, 1.82) is 0 Å². The topological polar surface area (TPSA) is 12.5 Å². The van der Waals surface area contributed by atoms with Gasteiger partial charge in [-0.3, -0.25) is 0 Å². The van der Waals surface area contributed by atoms with E-state index in [1.807, 2.05) is 0 Å². The minimum atomic E-state index is -0.264. The highest BCUT2D eigenvalue weighted by atomic mass is 16.5. The molecule has 0 fully saturated rings. The van der Waals surface area contributed by atoms with Gasteiger partial charge in [0, 0.05) is 27.9 Å². The Morgan fingerprint density at radius 2 is 1.14 bits per heavy atom. The summed E-state index contributed by atoms with van der Waals surface area (Å²) in [6.45, 7) is 8.93. The first-order valence-electron chi connectivity index (χ1n) is 12.6. The van der Waals surface area contributed by atoms with Gasteiger partial charge in [0.1, 0.15) is 11.4 Å². The number of fused-ring (bicyclic) bond motifs is 2. The molecule has 0 aromatic heterocycles. The fraction of sp³-hybridized carbons (Fsp3) is 0.176. The van der Waals surface area contributed by atoms with Crippen LogP contribution in [0.1, 0.15) is 33.3 Å². The summed E-state index contributed by atoms with van der Waals surface area (Å²) in [5.41, 5.74) is 6.70. The van der Waals surface area contributed by atoms with Gasteiger partial charge in [0.2, 0.25) is 0 Å². The van der Waals surface area contributed by atoms with Gasteiger partial charge in [-0.2, -0.15) is 0 Å². The van der Waals surface area contributed by atoms with Crippen LogP contribution >= 0.6 is 0 Å². The number of hydrogen-bond donors (Lipinski definition) is 0. The number of nitrogens with zero attached hydrogens (tertiary/aromatic N) is 1. The molecule has 0 saturated heterocycles. The zero-order valence-electron chi connectivity index (χ0n) is 21.3. The molecular weight excluding hydrogens is 438 g/mol. The first kappa shape index (κ1) is 22.4. The van der Waals surface area contributed by atoms with Gasteiger partial charge >= 0.3 is 0 Å². The van der Waals surface area contributed by atoms with Gasteiger partial charge in [0.15, 0.2) is 0 Å². The summed E-state index contributed by atoms with van der Waals surface area (Å²) in [7, 11) is 0. The van der Waals surface area contributed by atoms with Gasteiger partial charge in [-0.05, 0) is 78.7 Å². The molecule has 1 aliphatic heterocycles. The summed E-state index contributed by atoms with van der Waals surface area (Å²) in [4.78, 5) is 2.36. The van der Waals surface area contributed by atoms with Crippen LogP contribution in [0, 0.1) is 0 Å². The number of benzene rings is 5. The molecular formula is C34H31NO. The Hall–Kier alpha value is -4.04. The lowest BCUT2D eigenvalue weighted by Crippen LogP contribution is -2.41. The van der Waals surface area contributed by atoms with Crippen molar-refractivity contribution in [2.24, 2.45) is 0 Å². The molecule has 178 valence electrons. The third-order valence-electron chi connectivity index (χ3n) is 7.97. The van der Waals surface area contributed by atoms with Gasteiger partial charge in [-0.1, -0.05) is 80.6 Å². The number of rotatable bonds is 4. The second-order valence-electron chi connectivity index (χ2n) is 10.7. The van der Waals surface area contributed by atoms with Crippen molar-refractivity contribution in [3.05, 3.63) is 121 Å². The maximum absolute atomic E-state index is 6.38. The van der Waals surface area contributed by atoms with Gasteiger partial charge in [0.25, 0.3) is 0 Å². The van der Waals surface area contributed by atoms with Crippen LogP contribution in [0.15, 0.2) is 115 Å². The summed E-state index contributed by atoms with van der Waals surface area (Å²) in [6, 6.07) is 41.2. The Morgan fingerprint density at radius 3 is 1.75 bits per heavy atom. The molecule has 0 bridgehead atoms. The third-order valence-corrected chi connectivity index (χ3v) is 7.97. The summed E-state index contributed by atoms with van der Waals surface area (Å²) in [5.74, 6) is 0.985. The average molecular weight is 470 g/mol. The number of ether oxygens (including phenoxy) is 1. The van der Waals surface area contributed by atoms with E-state index in [1.165, 1.54) is 27.5 Å². The van der Waals surface area contributed by atoms with Crippen molar-refractivity contribution in [2.75, 3.05) is 4.90 Å². The van der Waals surface area contributed by atoms with E-state index in [9.17, 15) is 0 Å². The Labute approximate surface area is 213 Å². The highest BCUT2D eigenvalue weighted by Crippen LogP contribution is 2.51. The summed E-state index contributed by atoms with van der Waals surface area (Å²) in [5, 5.41) is 2.45. The van der Waals surface area contributed by atoms with Crippen LogP contribution in [0.5, 0.6) is 5.75 Å². The highest BCUT2D eigenvalue weighted by molar-refractivity contribution is 5.98. The molecule has 6 rings (SSSR count). The van der Waals surface area contributed by atoms with Crippen LogP contribution < -0.4 is 9.64 Å². The molecule has 0 spiro atoms. The second-order valence-corrected chi connectivity index (χ2v) is 10.7. The molecule has 5 aromatic rings. The average Bonchev–Trinajstić information content (AvgIpc) is 3.08. The maximum Gasteiger partial charge on any atom is 0.124 e. The number of hydrogen-bond acceptors (Lipinski definition) is 2.